The third-order valence-electron chi connectivity index (χ3n) is 5.01. The van der Waals surface area contributed by atoms with Gasteiger partial charge >= 0.3 is 12.1 Å². The summed E-state index contributed by atoms with van der Waals surface area (Å²) in [5, 5.41) is 5.37. The van der Waals surface area contributed by atoms with Gasteiger partial charge in [0.25, 0.3) is 0 Å². The Kier molecular flexibility index (Phi) is 8.03. The standard InChI is InChI=1S/C27H24N2O4S/c30-26(32-18-23-19-34-25(28-23)22-14-8-3-9-15-22)24(16-20-10-4-1-5-11-20)29-27(31)33-17-21-12-6-2-7-13-21/h1-15,19,24H,16-18H2,(H,29,31)/t24-/m0/s1. The molecule has 7 heteroatoms. The largest absolute Gasteiger partial charge is 0.458 e. The van der Waals surface area contributed by atoms with Gasteiger partial charge in [0, 0.05) is 17.4 Å². The first-order chi connectivity index (χ1) is 16.7. The van der Waals surface area contributed by atoms with Crippen LogP contribution in [0.3, 0.4) is 0 Å². The molecule has 0 aliphatic rings. The molecular weight excluding hydrogens is 448 g/mol. The first kappa shape index (κ1) is 23.2. The van der Waals surface area contributed by atoms with E-state index < -0.39 is 18.1 Å². The van der Waals surface area contributed by atoms with Crippen molar-refractivity contribution >= 4 is 23.4 Å². The van der Waals surface area contributed by atoms with E-state index in [1.54, 1.807) is 0 Å². The minimum absolute atomic E-state index is 0.0220. The fourth-order valence-corrected chi connectivity index (χ4v) is 4.09. The highest BCUT2D eigenvalue weighted by atomic mass is 32.1. The molecule has 34 heavy (non-hydrogen) atoms. The van der Waals surface area contributed by atoms with Crippen LogP contribution in [0.1, 0.15) is 16.8 Å². The van der Waals surface area contributed by atoms with E-state index in [1.807, 2.05) is 96.4 Å². The number of thiazole rings is 1. The Morgan fingerprint density at radius 1 is 0.794 bits per heavy atom. The molecule has 6 nitrogen and oxygen atoms in total. The molecule has 0 saturated heterocycles. The number of alkyl carbamates (subject to hydrolysis) is 1. The summed E-state index contributed by atoms with van der Waals surface area (Å²) in [6.45, 7) is 0.134. The van der Waals surface area contributed by atoms with E-state index in [1.165, 1.54) is 11.3 Å². The molecule has 4 rings (SSSR count). The fourth-order valence-electron chi connectivity index (χ4n) is 3.28. The molecule has 0 bridgehead atoms. The topological polar surface area (TPSA) is 77.5 Å². The fraction of sp³-hybridized carbons (Fsp3) is 0.148. The molecule has 0 spiro atoms. The summed E-state index contributed by atoms with van der Waals surface area (Å²) in [4.78, 5) is 29.8. The van der Waals surface area contributed by atoms with Crippen molar-refractivity contribution in [3.05, 3.63) is 113 Å². The molecule has 1 heterocycles. The Balaban J connectivity index is 1.37. The molecular formula is C27H24N2O4S. The first-order valence-corrected chi connectivity index (χ1v) is 11.7. The molecule has 0 saturated carbocycles. The van der Waals surface area contributed by atoms with Gasteiger partial charge in [0.05, 0.1) is 5.69 Å². The van der Waals surface area contributed by atoms with E-state index in [0.29, 0.717) is 5.69 Å². The highest BCUT2D eigenvalue weighted by Gasteiger charge is 2.24. The summed E-state index contributed by atoms with van der Waals surface area (Å²) in [7, 11) is 0. The highest BCUT2D eigenvalue weighted by Crippen LogP contribution is 2.23. The van der Waals surface area contributed by atoms with Gasteiger partial charge in [-0.25, -0.2) is 14.6 Å². The van der Waals surface area contributed by atoms with E-state index in [9.17, 15) is 9.59 Å². The van der Waals surface area contributed by atoms with Crippen LogP contribution in [0, 0.1) is 0 Å². The summed E-state index contributed by atoms with van der Waals surface area (Å²) in [6.07, 6.45) is -0.395. The normalized spacial score (nSPS) is 11.4. The molecule has 1 N–H and O–H groups in total. The number of hydrogen-bond acceptors (Lipinski definition) is 6. The van der Waals surface area contributed by atoms with Gasteiger partial charge in [-0.2, -0.15) is 0 Å². The number of ether oxygens (including phenoxy) is 2. The number of rotatable bonds is 9. The second-order valence-electron chi connectivity index (χ2n) is 7.57. The van der Waals surface area contributed by atoms with Crippen molar-refractivity contribution in [2.75, 3.05) is 0 Å². The molecule has 0 aliphatic heterocycles. The average Bonchev–Trinajstić information content (AvgIpc) is 3.37. The quantitative estimate of drug-likeness (QED) is 0.331. The molecule has 3 aromatic carbocycles. The van der Waals surface area contributed by atoms with Gasteiger partial charge in [-0.1, -0.05) is 91.0 Å². The highest BCUT2D eigenvalue weighted by molar-refractivity contribution is 7.13. The maximum absolute atomic E-state index is 12.9. The molecule has 1 amide bonds. The predicted molar refractivity (Wildman–Crippen MR) is 131 cm³/mol. The van der Waals surface area contributed by atoms with Gasteiger partial charge in [0.15, 0.2) is 0 Å². The van der Waals surface area contributed by atoms with Gasteiger partial charge in [0.1, 0.15) is 24.3 Å². The van der Waals surface area contributed by atoms with Gasteiger partial charge < -0.3 is 14.8 Å². The summed E-state index contributed by atoms with van der Waals surface area (Å²) < 4.78 is 10.8. The third kappa shape index (κ3) is 6.76. The predicted octanol–water partition coefficient (Wildman–Crippen LogP) is 5.39. The number of nitrogens with one attached hydrogen (secondary N) is 1. The van der Waals surface area contributed by atoms with Crippen LogP contribution in [-0.4, -0.2) is 23.1 Å². The zero-order valence-electron chi connectivity index (χ0n) is 18.4. The van der Waals surface area contributed by atoms with Crippen molar-refractivity contribution in [2.24, 2.45) is 0 Å². The zero-order chi connectivity index (χ0) is 23.6. The molecule has 172 valence electrons. The molecule has 0 fully saturated rings. The van der Waals surface area contributed by atoms with E-state index in [2.05, 4.69) is 10.3 Å². The van der Waals surface area contributed by atoms with Crippen molar-refractivity contribution < 1.29 is 19.1 Å². The van der Waals surface area contributed by atoms with Gasteiger partial charge in [-0.15, -0.1) is 11.3 Å². The van der Waals surface area contributed by atoms with Crippen LogP contribution in [0.15, 0.2) is 96.4 Å². The maximum Gasteiger partial charge on any atom is 0.408 e. The van der Waals surface area contributed by atoms with Crippen LogP contribution in [0.25, 0.3) is 10.6 Å². The van der Waals surface area contributed by atoms with E-state index in [0.717, 1.165) is 21.7 Å². The zero-order valence-corrected chi connectivity index (χ0v) is 19.2. The van der Waals surface area contributed by atoms with Crippen molar-refractivity contribution in [3.8, 4) is 10.6 Å². The number of benzene rings is 3. The van der Waals surface area contributed by atoms with Crippen LogP contribution in [0.2, 0.25) is 0 Å². The Morgan fingerprint density at radius 3 is 2.09 bits per heavy atom. The number of hydrogen-bond donors (Lipinski definition) is 1. The van der Waals surface area contributed by atoms with Crippen molar-refractivity contribution in [2.45, 2.75) is 25.7 Å². The molecule has 0 radical (unpaired) electrons. The maximum atomic E-state index is 12.9. The van der Waals surface area contributed by atoms with E-state index >= 15 is 0 Å². The number of amides is 1. The van der Waals surface area contributed by atoms with Crippen molar-refractivity contribution in [1.29, 1.82) is 0 Å². The minimum atomic E-state index is -0.891. The Labute approximate surface area is 202 Å². The third-order valence-corrected chi connectivity index (χ3v) is 5.95. The number of aromatic nitrogens is 1. The molecule has 1 atom stereocenters. The van der Waals surface area contributed by atoms with E-state index in [-0.39, 0.29) is 19.6 Å². The number of esters is 1. The molecule has 4 aromatic rings. The van der Waals surface area contributed by atoms with Gasteiger partial charge in [-0.05, 0) is 11.1 Å². The Bertz CT molecular complexity index is 1200. The Morgan fingerprint density at radius 2 is 1.41 bits per heavy atom. The van der Waals surface area contributed by atoms with Gasteiger partial charge in [-0.3, -0.25) is 0 Å². The number of carbonyl (C=O) groups is 2. The molecule has 0 aliphatic carbocycles. The lowest BCUT2D eigenvalue weighted by molar-refractivity contribution is -0.147. The summed E-state index contributed by atoms with van der Waals surface area (Å²) in [5.74, 6) is -0.547. The van der Waals surface area contributed by atoms with Crippen LogP contribution < -0.4 is 5.32 Å². The van der Waals surface area contributed by atoms with Crippen LogP contribution in [0.5, 0.6) is 0 Å². The molecule has 1 aromatic heterocycles. The molecule has 0 unspecified atom stereocenters. The lowest BCUT2D eigenvalue weighted by Gasteiger charge is -2.17. The monoisotopic (exact) mass is 472 g/mol. The average molecular weight is 473 g/mol. The second-order valence-corrected chi connectivity index (χ2v) is 8.42. The smallest absolute Gasteiger partial charge is 0.408 e. The van der Waals surface area contributed by atoms with E-state index in [4.69, 9.17) is 9.47 Å². The first-order valence-electron chi connectivity index (χ1n) is 10.8. The summed E-state index contributed by atoms with van der Waals surface area (Å²) in [5.41, 5.74) is 3.42. The second kappa shape index (κ2) is 11.8. The number of carbonyl (C=O) groups excluding carboxylic acids is 2. The van der Waals surface area contributed by atoms with Crippen molar-refractivity contribution in [1.82, 2.24) is 10.3 Å². The van der Waals surface area contributed by atoms with Crippen molar-refractivity contribution in [3.63, 3.8) is 0 Å². The van der Waals surface area contributed by atoms with Gasteiger partial charge in [0.2, 0.25) is 0 Å². The summed E-state index contributed by atoms with van der Waals surface area (Å²) >= 11 is 1.49. The minimum Gasteiger partial charge on any atom is -0.458 e. The Hall–Kier alpha value is -3.97. The SMILES string of the molecule is O=C(N[C@@H](Cc1ccccc1)C(=O)OCc1csc(-c2ccccc2)n1)OCc1ccccc1. The lowest BCUT2D eigenvalue weighted by Crippen LogP contribution is -2.43. The summed E-state index contributed by atoms with van der Waals surface area (Å²) in [6, 6.07) is 27.7. The lowest BCUT2D eigenvalue weighted by atomic mass is 10.1. The van der Waals surface area contributed by atoms with Crippen LogP contribution in [0.4, 0.5) is 4.79 Å². The van der Waals surface area contributed by atoms with Crippen LogP contribution in [-0.2, 0) is 33.9 Å². The van der Waals surface area contributed by atoms with Crippen LogP contribution >= 0.6 is 11.3 Å². The number of nitrogens with zero attached hydrogens (tertiary/aromatic N) is 1.